The van der Waals surface area contributed by atoms with Gasteiger partial charge in [-0.05, 0) is 20.4 Å². The zero-order chi connectivity index (χ0) is 14.7. The molecule has 3 N–H and O–H groups in total. The maximum atomic E-state index is 11.7. The van der Waals surface area contributed by atoms with E-state index in [0.29, 0.717) is 13.0 Å². The van der Waals surface area contributed by atoms with Gasteiger partial charge in [0.05, 0.1) is 11.2 Å². The summed E-state index contributed by atoms with van der Waals surface area (Å²) in [4.78, 5) is 24.2. The fraction of sp³-hybridized carbons (Fsp3) is 0.800. The van der Waals surface area contributed by atoms with Crippen LogP contribution in [0.25, 0.3) is 0 Å². The fourth-order valence-corrected chi connectivity index (χ4v) is 2.39. The predicted octanol–water partition coefficient (Wildman–Crippen LogP) is -0.958. The van der Waals surface area contributed by atoms with E-state index >= 15 is 0 Å². The Morgan fingerprint density at radius 2 is 2.05 bits per heavy atom. The Morgan fingerprint density at radius 3 is 2.53 bits per heavy atom. The Bertz CT molecular complexity index is 464. The van der Waals surface area contributed by atoms with Crippen molar-refractivity contribution in [2.75, 3.05) is 32.4 Å². The molecule has 110 valence electrons. The van der Waals surface area contributed by atoms with Crippen molar-refractivity contribution in [1.29, 1.82) is 0 Å². The van der Waals surface area contributed by atoms with Gasteiger partial charge in [0.1, 0.15) is 0 Å². The van der Waals surface area contributed by atoms with Crippen LogP contribution < -0.4 is 10.0 Å². The summed E-state index contributed by atoms with van der Waals surface area (Å²) in [5, 5.41) is 11.5. The molecule has 1 atom stereocenters. The molecular weight excluding hydrogens is 274 g/mol. The summed E-state index contributed by atoms with van der Waals surface area (Å²) in [6.07, 6.45) is 0.393. The smallest absolute Gasteiger partial charge is 0.317 e. The molecule has 0 bridgehead atoms. The number of hydrogen-bond donors (Lipinski definition) is 3. The molecule has 0 radical (unpaired) electrons. The van der Waals surface area contributed by atoms with Crippen molar-refractivity contribution >= 4 is 22.0 Å². The number of nitrogens with zero attached hydrogens (tertiary/aromatic N) is 1. The average Bonchev–Trinajstić information content (AvgIpc) is 2.73. The van der Waals surface area contributed by atoms with Crippen LogP contribution in [0.5, 0.6) is 0 Å². The average molecular weight is 293 g/mol. The van der Waals surface area contributed by atoms with Gasteiger partial charge in [0.2, 0.25) is 10.0 Å². The first-order valence-corrected chi connectivity index (χ1v) is 7.53. The number of carbonyl (C=O) groups is 2. The molecule has 2 amide bonds. The van der Waals surface area contributed by atoms with Gasteiger partial charge in [0.25, 0.3) is 0 Å². The summed E-state index contributed by atoms with van der Waals surface area (Å²) in [5.74, 6) is -1.14. The van der Waals surface area contributed by atoms with Crippen LogP contribution in [0.4, 0.5) is 4.79 Å². The first kappa shape index (κ1) is 15.7. The second kappa shape index (κ2) is 5.74. The lowest BCUT2D eigenvalue weighted by Crippen LogP contribution is -2.43. The molecule has 0 aromatic rings. The number of urea groups is 1. The number of hydrogen-bond acceptors (Lipinski definition) is 4. The van der Waals surface area contributed by atoms with E-state index < -0.39 is 27.4 Å². The van der Waals surface area contributed by atoms with Crippen LogP contribution in [0.15, 0.2) is 0 Å². The van der Waals surface area contributed by atoms with E-state index in [4.69, 9.17) is 5.11 Å². The third-order valence-electron chi connectivity index (χ3n) is 3.23. The van der Waals surface area contributed by atoms with Gasteiger partial charge in [-0.1, -0.05) is 0 Å². The number of nitrogens with one attached hydrogen (secondary N) is 2. The molecule has 1 aliphatic rings. The monoisotopic (exact) mass is 293 g/mol. The SMILES string of the molecule is CNS(=O)(=O)CCNC(=O)N1CCC(C)(C(=O)O)C1. The Labute approximate surface area is 112 Å². The highest BCUT2D eigenvalue weighted by molar-refractivity contribution is 7.89. The van der Waals surface area contributed by atoms with Gasteiger partial charge < -0.3 is 15.3 Å². The van der Waals surface area contributed by atoms with Crippen molar-refractivity contribution in [3.05, 3.63) is 0 Å². The first-order valence-electron chi connectivity index (χ1n) is 5.87. The van der Waals surface area contributed by atoms with Gasteiger partial charge >= 0.3 is 12.0 Å². The first-order chi connectivity index (χ1) is 8.70. The van der Waals surface area contributed by atoms with E-state index in [1.165, 1.54) is 11.9 Å². The molecule has 1 saturated heterocycles. The second-order valence-electron chi connectivity index (χ2n) is 4.79. The van der Waals surface area contributed by atoms with Gasteiger partial charge in [-0.25, -0.2) is 17.9 Å². The lowest BCUT2D eigenvalue weighted by atomic mass is 9.90. The minimum Gasteiger partial charge on any atom is -0.481 e. The van der Waals surface area contributed by atoms with E-state index in [2.05, 4.69) is 10.0 Å². The molecule has 1 heterocycles. The molecule has 19 heavy (non-hydrogen) atoms. The second-order valence-corrected chi connectivity index (χ2v) is 6.84. The molecule has 1 fully saturated rings. The fourth-order valence-electron chi connectivity index (χ4n) is 1.82. The summed E-state index contributed by atoms with van der Waals surface area (Å²) in [5.41, 5.74) is -0.922. The number of aliphatic carboxylic acids is 1. The van der Waals surface area contributed by atoms with Gasteiger partial charge in [0.15, 0.2) is 0 Å². The molecule has 9 heteroatoms. The van der Waals surface area contributed by atoms with Crippen molar-refractivity contribution < 1.29 is 23.1 Å². The summed E-state index contributed by atoms with van der Waals surface area (Å²) >= 11 is 0. The largest absolute Gasteiger partial charge is 0.481 e. The Hall–Kier alpha value is -1.35. The maximum Gasteiger partial charge on any atom is 0.317 e. The molecule has 1 unspecified atom stereocenters. The van der Waals surface area contributed by atoms with E-state index in [1.54, 1.807) is 6.92 Å². The summed E-state index contributed by atoms with van der Waals surface area (Å²) in [6.45, 7) is 2.07. The van der Waals surface area contributed by atoms with Crippen LogP contribution in [-0.4, -0.2) is 62.9 Å². The topological polar surface area (TPSA) is 116 Å². The van der Waals surface area contributed by atoms with Crippen molar-refractivity contribution in [2.24, 2.45) is 5.41 Å². The molecule has 1 aliphatic heterocycles. The number of sulfonamides is 1. The number of likely N-dealkylation sites (tertiary alicyclic amines) is 1. The van der Waals surface area contributed by atoms with Crippen molar-refractivity contribution in [1.82, 2.24) is 14.9 Å². The highest BCUT2D eigenvalue weighted by Crippen LogP contribution is 2.29. The Morgan fingerprint density at radius 1 is 1.42 bits per heavy atom. The van der Waals surface area contributed by atoms with E-state index in [0.717, 1.165) is 0 Å². The Balaban J connectivity index is 2.43. The minimum absolute atomic E-state index is 0.0116. The van der Waals surface area contributed by atoms with Crippen LogP contribution in [0.2, 0.25) is 0 Å². The molecule has 0 aromatic heterocycles. The predicted molar refractivity (Wildman–Crippen MR) is 68.2 cm³/mol. The Kier molecular flexibility index (Phi) is 4.75. The minimum atomic E-state index is -3.35. The van der Waals surface area contributed by atoms with Gasteiger partial charge in [0, 0.05) is 19.6 Å². The highest BCUT2D eigenvalue weighted by atomic mass is 32.2. The summed E-state index contributed by atoms with van der Waals surface area (Å²) in [7, 11) is -2.05. The number of amides is 2. The molecule has 8 nitrogen and oxygen atoms in total. The molecule has 0 aromatic carbocycles. The normalized spacial score (nSPS) is 23.4. The van der Waals surface area contributed by atoms with E-state index in [1.807, 2.05) is 0 Å². The van der Waals surface area contributed by atoms with Crippen LogP contribution in [0, 0.1) is 5.41 Å². The molecule has 1 rings (SSSR count). The quantitative estimate of drug-likeness (QED) is 0.604. The van der Waals surface area contributed by atoms with Gasteiger partial charge in [-0.2, -0.15) is 0 Å². The van der Waals surface area contributed by atoms with E-state index in [-0.39, 0.29) is 18.8 Å². The van der Waals surface area contributed by atoms with Crippen LogP contribution in [-0.2, 0) is 14.8 Å². The molecule has 0 aliphatic carbocycles. The third-order valence-corrected chi connectivity index (χ3v) is 4.60. The lowest BCUT2D eigenvalue weighted by molar-refractivity contribution is -0.146. The number of carbonyl (C=O) groups excluding carboxylic acids is 1. The standard InChI is InChI=1S/C10H19N3O5S/c1-10(8(14)15)3-5-13(7-10)9(16)12-4-6-19(17,18)11-2/h11H,3-7H2,1-2H3,(H,12,16)(H,14,15). The maximum absolute atomic E-state index is 11.7. The zero-order valence-corrected chi connectivity index (χ0v) is 11.8. The number of carboxylic acids is 1. The van der Waals surface area contributed by atoms with Gasteiger partial charge in [-0.3, -0.25) is 4.79 Å². The molecular formula is C10H19N3O5S. The highest BCUT2D eigenvalue weighted by Gasteiger charge is 2.42. The van der Waals surface area contributed by atoms with Crippen LogP contribution in [0.1, 0.15) is 13.3 Å². The van der Waals surface area contributed by atoms with Crippen LogP contribution in [0.3, 0.4) is 0 Å². The van der Waals surface area contributed by atoms with Crippen molar-refractivity contribution in [2.45, 2.75) is 13.3 Å². The number of carboxylic acid groups (broad SMARTS) is 1. The third kappa shape index (κ3) is 4.06. The van der Waals surface area contributed by atoms with Crippen LogP contribution >= 0.6 is 0 Å². The lowest BCUT2D eigenvalue weighted by Gasteiger charge is -2.20. The summed E-state index contributed by atoms with van der Waals surface area (Å²) < 4.78 is 24.4. The van der Waals surface area contributed by atoms with E-state index in [9.17, 15) is 18.0 Å². The van der Waals surface area contributed by atoms with Gasteiger partial charge in [-0.15, -0.1) is 0 Å². The molecule has 0 spiro atoms. The zero-order valence-electron chi connectivity index (χ0n) is 11.0. The van der Waals surface area contributed by atoms with Crippen molar-refractivity contribution in [3.63, 3.8) is 0 Å². The molecule has 0 saturated carbocycles. The number of rotatable bonds is 5. The summed E-state index contributed by atoms with van der Waals surface area (Å²) in [6, 6.07) is -0.434. The van der Waals surface area contributed by atoms with Crippen molar-refractivity contribution in [3.8, 4) is 0 Å².